The van der Waals surface area contributed by atoms with Crippen LogP contribution in [-0.2, 0) is 33.8 Å². The number of rotatable bonds is 8. The number of fused-ring (bicyclic) bond motifs is 13. The van der Waals surface area contributed by atoms with Gasteiger partial charge in [0.05, 0.1) is 25.2 Å². The molecule has 39 heavy (non-hydrogen) atoms. The number of hydrogen-bond acceptors (Lipinski definition) is 6. The van der Waals surface area contributed by atoms with Gasteiger partial charge in [0.25, 0.3) is 0 Å². The molecule has 2 aromatic carbocycles. The molecule has 2 aromatic rings. The van der Waals surface area contributed by atoms with Crippen molar-refractivity contribution in [2.24, 2.45) is 5.73 Å². The van der Waals surface area contributed by atoms with Crippen LogP contribution in [0, 0.1) is 5.82 Å². The first-order chi connectivity index (χ1) is 18.7. The number of halogens is 1. The number of aliphatic hydroxyl groups is 1. The minimum atomic E-state index is -1.14. The van der Waals surface area contributed by atoms with Crippen LogP contribution < -0.4 is 21.1 Å². The van der Waals surface area contributed by atoms with Crippen molar-refractivity contribution in [3.63, 3.8) is 0 Å². The summed E-state index contributed by atoms with van der Waals surface area (Å²) in [6, 6.07) is 10.7. The fraction of sp³-hybridized carbons (Fsp3) is 0.483. The van der Waals surface area contributed by atoms with Crippen molar-refractivity contribution in [1.29, 1.82) is 0 Å². The van der Waals surface area contributed by atoms with Crippen molar-refractivity contribution in [3.8, 4) is 5.75 Å². The Kier molecular flexibility index (Phi) is 11.2. The number of primary amides is 1. The Morgan fingerprint density at radius 2 is 2.00 bits per heavy atom. The fourth-order valence-corrected chi connectivity index (χ4v) is 4.58. The summed E-state index contributed by atoms with van der Waals surface area (Å²) in [5.74, 6) is -2.12. The molecule has 2 aliphatic rings. The summed E-state index contributed by atoms with van der Waals surface area (Å²) in [6.07, 6.45) is 0.691. The average molecular weight is 543 g/mol. The number of amides is 3. The lowest BCUT2D eigenvalue weighted by atomic mass is 9.99. The first-order valence-electron chi connectivity index (χ1n) is 13.4. The largest absolute Gasteiger partial charge is 0.491 e. The van der Waals surface area contributed by atoms with E-state index in [1.807, 2.05) is 18.2 Å². The van der Waals surface area contributed by atoms with Gasteiger partial charge in [0, 0.05) is 26.6 Å². The summed E-state index contributed by atoms with van der Waals surface area (Å²) in [5.41, 5.74) is 8.20. The van der Waals surface area contributed by atoms with Gasteiger partial charge in [0.1, 0.15) is 6.04 Å². The van der Waals surface area contributed by atoms with Crippen LogP contribution in [0.25, 0.3) is 0 Å². The molecule has 0 radical (unpaired) electrons. The summed E-state index contributed by atoms with van der Waals surface area (Å²) in [5, 5.41) is 17.1. The van der Waals surface area contributed by atoms with Crippen molar-refractivity contribution in [1.82, 2.24) is 15.5 Å². The van der Waals surface area contributed by atoms with Gasteiger partial charge in [-0.1, -0.05) is 37.3 Å². The molecule has 0 aromatic heterocycles. The van der Waals surface area contributed by atoms with Gasteiger partial charge in [-0.05, 0) is 54.5 Å². The van der Waals surface area contributed by atoms with Crippen LogP contribution in [0.15, 0.2) is 42.5 Å². The van der Waals surface area contributed by atoms with Crippen LogP contribution in [0.2, 0.25) is 0 Å². The molecule has 0 fully saturated rings. The molecule has 2 aliphatic heterocycles. The Bertz CT molecular complexity index is 1140. The second-order valence-electron chi connectivity index (χ2n) is 9.95. The smallest absolute Gasteiger partial charge is 0.243 e. The second kappa shape index (κ2) is 14.6. The van der Waals surface area contributed by atoms with Crippen molar-refractivity contribution in [3.05, 3.63) is 65.0 Å². The van der Waals surface area contributed by atoms with Gasteiger partial charge < -0.3 is 31.1 Å². The topological polar surface area (TPSA) is 134 Å². The van der Waals surface area contributed by atoms with Gasteiger partial charge in [0.15, 0.2) is 11.6 Å². The zero-order valence-corrected chi connectivity index (χ0v) is 22.6. The molecule has 2 heterocycles. The van der Waals surface area contributed by atoms with Gasteiger partial charge in [-0.25, -0.2) is 4.39 Å². The third-order valence-corrected chi connectivity index (χ3v) is 6.93. The van der Waals surface area contributed by atoms with Crippen LogP contribution in [0.3, 0.4) is 0 Å². The third-order valence-electron chi connectivity index (χ3n) is 6.93. The molecule has 0 aliphatic carbocycles. The highest BCUT2D eigenvalue weighted by Crippen LogP contribution is 2.21. The van der Waals surface area contributed by atoms with E-state index in [2.05, 4.69) is 23.6 Å². The van der Waals surface area contributed by atoms with E-state index in [4.69, 9.17) is 10.5 Å². The van der Waals surface area contributed by atoms with Crippen LogP contribution in [0.5, 0.6) is 5.75 Å². The number of aryl methyl sites for hydroxylation is 1. The first kappa shape index (κ1) is 30.0. The van der Waals surface area contributed by atoms with E-state index < -0.39 is 35.8 Å². The quantitative estimate of drug-likeness (QED) is 0.402. The number of benzene rings is 2. The van der Waals surface area contributed by atoms with Crippen LogP contribution in [0.4, 0.5) is 4.39 Å². The minimum absolute atomic E-state index is 0.105. The first-order valence-corrected chi connectivity index (χ1v) is 13.4. The van der Waals surface area contributed by atoms with Gasteiger partial charge >= 0.3 is 0 Å². The van der Waals surface area contributed by atoms with E-state index in [9.17, 15) is 23.9 Å². The van der Waals surface area contributed by atoms with Gasteiger partial charge in [-0.15, -0.1) is 0 Å². The Morgan fingerprint density at radius 1 is 1.23 bits per heavy atom. The van der Waals surface area contributed by atoms with E-state index in [1.165, 1.54) is 29.6 Å². The third kappa shape index (κ3) is 9.04. The Morgan fingerprint density at radius 3 is 2.72 bits per heavy atom. The standard InChI is InChI=1S/C29H39FN4O5/c1-3-19-7-6-8-21(13-19)17-32-18-25(35)23-15-20-10-11-26(22(30)14-20)39-12-5-4-9-28(37)34(2)24(16-27(31)36)29(38)33-23/h6-8,10-11,13-14,23-25,32,35H,3-5,9,12,15-18H2,1-2H3,(H2,31,36)(H,33,38). The molecule has 0 spiro atoms. The van der Waals surface area contributed by atoms with Crippen molar-refractivity contribution in [2.75, 3.05) is 20.2 Å². The van der Waals surface area contributed by atoms with E-state index in [0.717, 1.165) is 12.0 Å². The van der Waals surface area contributed by atoms with Gasteiger partial charge in [-0.2, -0.15) is 0 Å². The van der Waals surface area contributed by atoms with Crippen molar-refractivity contribution >= 4 is 17.7 Å². The van der Waals surface area contributed by atoms with E-state index in [-0.39, 0.29) is 44.1 Å². The lowest BCUT2D eigenvalue weighted by Gasteiger charge is -2.31. The van der Waals surface area contributed by atoms with Gasteiger partial charge in [0.2, 0.25) is 17.7 Å². The molecule has 0 saturated heterocycles. The van der Waals surface area contributed by atoms with E-state index in [1.54, 1.807) is 6.07 Å². The highest BCUT2D eigenvalue weighted by Gasteiger charge is 2.32. The number of carbonyl (C=O) groups excluding carboxylic acids is 3. The molecule has 4 rings (SSSR count). The van der Waals surface area contributed by atoms with Crippen LogP contribution >= 0.6 is 0 Å². The van der Waals surface area contributed by atoms with Crippen molar-refractivity contribution in [2.45, 2.75) is 70.2 Å². The lowest BCUT2D eigenvalue weighted by molar-refractivity contribution is -0.141. The molecule has 9 nitrogen and oxygen atoms in total. The molecule has 212 valence electrons. The second-order valence-corrected chi connectivity index (χ2v) is 9.95. The lowest BCUT2D eigenvalue weighted by Crippen LogP contribution is -2.55. The number of likely N-dealkylation sites (N-methyl/N-ethyl adjacent to an activating group) is 1. The molecule has 3 amide bonds. The van der Waals surface area contributed by atoms with Gasteiger partial charge in [-0.3, -0.25) is 14.4 Å². The summed E-state index contributed by atoms with van der Waals surface area (Å²) in [4.78, 5) is 39.1. The molecule has 0 saturated carbocycles. The summed E-state index contributed by atoms with van der Waals surface area (Å²) >= 11 is 0. The normalized spacial score (nSPS) is 19.8. The van der Waals surface area contributed by atoms with E-state index >= 15 is 0 Å². The zero-order chi connectivity index (χ0) is 28.4. The molecule has 3 atom stereocenters. The number of ether oxygens (including phenoxy) is 1. The number of carbonyl (C=O) groups is 3. The highest BCUT2D eigenvalue weighted by molar-refractivity contribution is 5.91. The maximum atomic E-state index is 14.7. The number of aliphatic hydroxyl groups excluding tert-OH is 1. The Hall–Kier alpha value is -3.50. The van der Waals surface area contributed by atoms with Crippen LogP contribution in [0.1, 0.15) is 49.3 Å². The molecule has 10 heteroatoms. The van der Waals surface area contributed by atoms with Crippen molar-refractivity contribution < 1.29 is 28.6 Å². The Labute approximate surface area is 228 Å². The summed E-state index contributed by atoms with van der Waals surface area (Å²) < 4.78 is 20.3. The molecular weight excluding hydrogens is 503 g/mol. The molecule has 2 bridgehead atoms. The predicted molar refractivity (Wildman–Crippen MR) is 145 cm³/mol. The van der Waals surface area contributed by atoms with E-state index in [0.29, 0.717) is 24.9 Å². The predicted octanol–water partition coefficient (Wildman–Crippen LogP) is 1.83. The maximum Gasteiger partial charge on any atom is 0.243 e. The number of nitrogens with zero attached hydrogens (tertiary/aromatic N) is 1. The zero-order valence-electron chi connectivity index (χ0n) is 22.6. The Balaban J connectivity index is 1.82. The number of nitrogens with one attached hydrogen (secondary N) is 2. The minimum Gasteiger partial charge on any atom is -0.491 e. The number of nitrogens with two attached hydrogens (primary N) is 1. The summed E-state index contributed by atoms with van der Waals surface area (Å²) in [6.45, 7) is 2.95. The fourth-order valence-electron chi connectivity index (χ4n) is 4.58. The summed E-state index contributed by atoms with van der Waals surface area (Å²) in [7, 11) is 1.46. The molecular formula is C29H39FN4O5. The highest BCUT2D eigenvalue weighted by atomic mass is 19.1. The average Bonchev–Trinajstić information content (AvgIpc) is 2.91. The molecule has 5 N–H and O–H groups in total. The maximum absolute atomic E-state index is 14.7. The van der Waals surface area contributed by atoms with Crippen LogP contribution in [-0.4, -0.2) is 66.1 Å². The number of hydrogen-bond donors (Lipinski definition) is 4. The SMILES string of the molecule is CCc1cccc(CNCC(O)C2Cc3ccc(c(F)c3)OCCCCC(=O)N(C)C(CC(N)=O)C(=O)N2)c1. The monoisotopic (exact) mass is 542 g/mol. The molecule has 3 unspecified atom stereocenters.